The summed E-state index contributed by atoms with van der Waals surface area (Å²) in [7, 11) is 0. The fourth-order valence-electron chi connectivity index (χ4n) is 3.18. The van der Waals surface area contributed by atoms with Crippen molar-refractivity contribution in [1.82, 2.24) is 10.2 Å². The second-order valence-corrected chi connectivity index (χ2v) is 5.77. The van der Waals surface area contributed by atoms with Gasteiger partial charge >= 0.3 is 0 Å². The van der Waals surface area contributed by atoms with Crippen LogP contribution in [0.25, 0.3) is 0 Å². The first-order chi connectivity index (χ1) is 9.31. The number of aliphatic imine (C=N–C) groups is 1. The molecule has 104 valence electrons. The maximum atomic E-state index is 5.34. The zero-order valence-corrected chi connectivity index (χ0v) is 11.7. The summed E-state index contributed by atoms with van der Waals surface area (Å²) in [6, 6.07) is 3.89. The average Bonchev–Trinajstić information content (AvgIpc) is 3.02. The third-order valence-corrected chi connectivity index (χ3v) is 4.45. The van der Waals surface area contributed by atoms with Gasteiger partial charge in [-0.25, -0.2) is 4.99 Å². The van der Waals surface area contributed by atoms with Gasteiger partial charge in [0, 0.05) is 19.6 Å². The number of guanidine groups is 1. The smallest absolute Gasteiger partial charge is 0.194 e. The molecule has 0 radical (unpaired) electrons. The van der Waals surface area contributed by atoms with Crippen LogP contribution in [0, 0.1) is 5.41 Å². The van der Waals surface area contributed by atoms with E-state index in [2.05, 4.69) is 17.1 Å². The van der Waals surface area contributed by atoms with Gasteiger partial charge in [0.15, 0.2) is 5.96 Å². The van der Waals surface area contributed by atoms with Gasteiger partial charge in [-0.05, 0) is 43.7 Å². The van der Waals surface area contributed by atoms with Crippen molar-refractivity contribution >= 4 is 5.96 Å². The molecule has 1 saturated heterocycles. The van der Waals surface area contributed by atoms with Crippen molar-refractivity contribution < 1.29 is 4.42 Å². The summed E-state index contributed by atoms with van der Waals surface area (Å²) < 4.78 is 5.34. The van der Waals surface area contributed by atoms with Crippen LogP contribution < -0.4 is 5.32 Å². The molecule has 0 amide bonds. The van der Waals surface area contributed by atoms with Crippen molar-refractivity contribution in [1.29, 1.82) is 0 Å². The Morgan fingerprint density at radius 2 is 2.37 bits per heavy atom. The van der Waals surface area contributed by atoms with E-state index in [1.807, 2.05) is 12.1 Å². The second-order valence-electron chi connectivity index (χ2n) is 5.77. The Balaban J connectivity index is 1.65. The molecule has 1 saturated carbocycles. The largest absolute Gasteiger partial charge is 0.467 e. The quantitative estimate of drug-likeness (QED) is 0.671. The van der Waals surface area contributed by atoms with E-state index in [9.17, 15) is 0 Å². The van der Waals surface area contributed by atoms with Crippen LogP contribution >= 0.6 is 0 Å². The number of likely N-dealkylation sites (tertiary alicyclic amines) is 1. The minimum absolute atomic E-state index is 0.612. The van der Waals surface area contributed by atoms with Crippen LogP contribution in [-0.2, 0) is 6.54 Å². The van der Waals surface area contributed by atoms with Crippen LogP contribution in [0.2, 0.25) is 0 Å². The summed E-state index contributed by atoms with van der Waals surface area (Å²) in [4.78, 5) is 7.12. The first kappa shape index (κ1) is 12.6. The highest BCUT2D eigenvalue weighted by molar-refractivity contribution is 5.80. The fourth-order valence-corrected chi connectivity index (χ4v) is 3.18. The molecule has 1 N–H and O–H groups in total. The molecule has 2 fully saturated rings. The standard InChI is InChI=1S/C15H23N3O/c1-2-16-14(17-11-13-5-3-10-19-13)18-9-8-15(12-18)6-4-7-15/h3,5,10H,2,4,6-9,11-12H2,1H3,(H,16,17). The SMILES string of the molecule is CCNC(=NCc1ccco1)N1CCC2(CCC2)C1. The van der Waals surface area contributed by atoms with Crippen molar-refractivity contribution in [3.8, 4) is 0 Å². The lowest BCUT2D eigenvalue weighted by atomic mass is 9.68. The fraction of sp³-hybridized carbons (Fsp3) is 0.667. The first-order valence-electron chi connectivity index (χ1n) is 7.37. The van der Waals surface area contributed by atoms with Crippen LogP contribution in [0.15, 0.2) is 27.8 Å². The van der Waals surface area contributed by atoms with Crippen molar-refractivity contribution in [2.75, 3.05) is 19.6 Å². The predicted molar refractivity (Wildman–Crippen MR) is 76.0 cm³/mol. The molecule has 2 aliphatic rings. The van der Waals surface area contributed by atoms with Gasteiger partial charge in [0.2, 0.25) is 0 Å². The molecule has 4 heteroatoms. The lowest BCUT2D eigenvalue weighted by molar-refractivity contribution is 0.151. The maximum Gasteiger partial charge on any atom is 0.194 e. The Kier molecular flexibility index (Phi) is 3.49. The highest BCUT2D eigenvalue weighted by Crippen LogP contribution is 2.47. The van der Waals surface area contributed by atoms with Crippen LogP contribution in [-0.4, -0.2) is 30.5 Å². The van der Waals surface area contributed by atoms with E-state index in [0.717, 1.165) is 24.8 Å². The van der Waals surface area contributed by atoms with Gasteiger partial charge in [-0.1, -0.05) is 6.42 Å². The minimum atomic E-state index is 0.612. The molecule has 0 aromatic carbocycles. The topological polar surface area (TPSA) is 40.8 Å². The zero-order valence-electron chi connectivity index (χ0n) is 11.7. The van der Waals surface area contributed by atoms with Gasteiger partial charge in [-0.3, -0.25) is 0 Å². The van der Waals surface area contributed by atoms with Gasteiger partial charge in [-0.2, -0.15) is 0 Å². The van der Waals surface area contributed by atoms with Gasteiger partial charge in [0.25, 0.3) is 0 Å². The Labute approximate surface area is 114 Å². The number of rotatable bonds is 3. The Hall–Kier alpha value is -1.45. The van der Waals surface area contributed by atoms with E-state index in [-0.39, 0.29) is 0 Å². The summed E-state index contributed by atoms with van der Waals surface area (Å²) in [6.45, 7) is 5.98. The van der Waals surface area contributed by atoms with Crippen LogP contribution in [0.3, 0.4) is 0 Å². The van der Waals surface area contributed by atoms with Crippen molar-refractivity contribution in [3.05, 3.63) is 24.2 Å². The van der Waals surface area contributed by atoms with E-state index < -0.39 is 0 Å². The second kappa shape index (κ2) is 5.27. The maximum absolute atomic E-state index is 5.34. The molecule has 19 heavy (non-hydrogen) atoms. The van der Waals surface area contributed by atoms with E-state index in [1.165, 1.54) is 32.2 Å². The van der Waals surface area contributed by atoms with Gasteiger partial charge in [0.05, 0.1) is 6.26 Å². The highest BCUT2D eigenvalue weighted by Gasteiger charge is 2.43. The minimum Gasteiger partial charge on any atom is -0.467 e. The number of hydrogen-bond donors (Lipinski definition) is 1. The Morgan fingerprint density at radius 3 is 2.95 bits per heavy atom. The molecule has 4 nitrogen and oxygen atoms in total. The Bertz CT molecular complexity index is 434. The number of nitrogens with one attached hydrogen (secondary N) is 1. The predicted octanol–water partition coefficient (Wildman–Crippen LogP) is 2.62. The van der Waals surface area contributed by atoms with Crippen LogP contribution in [0.5, 0.6) is 0 Å². The zero-order chi connectivity index (χ0) is 13.1. The van der Waals surface area contributed by atoms with Crippen LogP contribution in [0.1, 0.15) is 38.4 Å². The summed E-state index contributed by atoms with van der Waals surface area (Å²) in [5.41, 5.74) is 0.612. The Morgan fingerprint density at radius 1 is 1.47 bits per heavy atom. The lowest BCUT2D eigenvalue weighted by Crippen LogP contribution is -2.42. The van der Waals surface area contributed by atoms with Crippen LogP contribution in [0.4, 0.5) is 0 Å². The number of furan rings is 1. The molecular formula is C15H23N3O. The molecule has 1 aliphatic carbocycles. The molecule has 1 aliphatic heterocycles. The normalized spacial score (nSPS) is 21.7. The average molecular weight is 261 g/mol. The summed E-state index contributed by atoms with van der Waals surface area (Å²) in [5.74, 6) is 1.97. The molecule has 0 atom stereocenters. The van der Waals surface area contributed by atoms with Gasteiger partial charge < -0.3 is 14.6 Å². The molecule has 3 rings (SSSR count). The molecular weight excluding hydrogens is 238 g/mol. The van der Waals surface area contributed by atoms with Gasteiger partial charge in [0.1, 0.15) is 12.3 Å². The van der Waals surface area contributed by atoms with E-state index in [0.29, 0.717) is 12.0 Å². The van der Waals surface area contributed by atoms with E-state index in [4.69, 9.17) is 9.41 Å². The summed E-state index contributed by atoms with van der Waals surface area (Å²) in [5, 5.41) is 3.41. The highest BCUT2D eigenvalue weighted by atomic mass is 16.3. The molecule has 1 aromatic heterocycles. The molecule has 1 aromatic rings. The third kappa shape index (κ3) is 2.62. The van der Waals surface area contributed by atoms with Crippen molar-refractivity contribution in [3.63, 3.8) is 0 Å². The molecule has 0 unspecified atom stereocenters. The van der Waals surface area contributed by atoms with Gasteiger partial charge in [-0.15, -0.1) is 0 Å². The van der Waals surface area contributed by atoms with Crippen molar-refractivity contribution in [2.45, 2.75) is 39.2 Å². The molecule has 0 bridgehead atoms. The lowest BCUT2D eigenvalue weighted by Gasteiger charge is -2.38. The van der Waals surface area contributed by atoms with E-state index >= 15 is 0 Å². The summed E-state index contributed by atoms with van der Waals surface area (Å²) >= 11 is 0. The first-order valence-corrected chi connectivity index (χ1v) is 7.37. The molecule has 2 heterocycles. The van der Waals surface area contributed by atoms with E-state index in [1.54, 1.807) is 6.26 Å². The monoisotopic (exact) mass is 261 g/mol. The molecule has 1 spiro atoms. The summed E-state index contributed by atoms with van der Waals surface area (Å²) in [6.07, 6.45) is 7.26. The van der Waals surface area contributed by atoms with Crippen molar-refractivity contribution in [2.24, 2.45) is 10.4 Å². The third-order valence-electron chi connectivity index (χ3n) is 4.45. The number of hydrogen-bond acceptors (Lipinski definition) is 2. The number of nitrogens with zero attached hydrogens (tertiary/aromatic N) is 2.